The SMILES string of the molecule is C[C@H]1CNC(=O)c2cnn3cc(C4CC4)c(nc23)NCc2cc(F)cnc2O1. The molecule has 144 valence electrons. The van der Waals surface area contributed by atoms with Gasteiger partial charge in [-0.2, -0.15) is 5.10 Å². The molecule has 4 heterocycles. The third-order valence-corrected chi connectivity index (χ3v) is 4.98. The number of aromatic nitrogens is 4. The van der Waals surface area contributed by atoms with Crippen LogP contribution >= 0.6 is 0 Å². The van der Waals surface area contributed by atoms with Gasteiger partial charge in [-0.15, -0.1) is 0 Å². The van der Waals surface area contributed by atoms with E-state index < -0.39 is 5.82 Å². The Morgan fingerprint density at radius 1 is 1.29 bits per heavy atom. The predicted octanol–water partition coefficient (Wildman–Crippen LogP) is 2.26. The Morgan fingerprint density at radius 2 is 2.14 bits per heavy atom. The Balaban J connectivity index is 1.62. The van der Waals surface area contributed by atoms with E-state index in [9.17, 15) is 9.18 Å². The van der Waals surface area contributed by atoms with Crippen LogP contribution in [0.15, 0.2) is 24.7 Å². The fourth-order valence-electron chi connectivity index (χ4n) is 3.36. The second-order valence-corrected chi connectivity index (χ2v) is 7.26. The number of amides is 1. The summed E-state index contributed by atoms with van der Waals surface area (Å²) in [5.41, 5.74) is 2.51. The third kappa shape index (κ3) is 3.02. The first-order valence-corrected chi connectivity index (χ1v) is 9.30. The molecule has 3 aromatic rings. The third-order valence-electron chi connectivity index (χ3n) is 4.98. The van der Waals surface area contributed by atoms with E-state index in [1.165, 1.54) is 12.3 Å². The maximum Gasteiger partial charge on any atom is 0.256 e. The summed E-state index contributed by atoms with van der Waals surface area (Å²) in [6, 6.07) is 1.40. The van der Waals surface area contributed by atoms with Crippen molar-refractivity contribution >= 4 is 17.4 Å². The highest BCUT2D eigenvalue weighted by molar-refractivity contribution is 5.99. The molecule has 5 rings (SSSR count). The van der Waals surface area contributed by atoms with Crippen LogP contribution in [0, 0.1) is 5.82 Å². The summed E-state index contributed by atoms with van der Waals surface area (Å²) in [7, 11) is 0. The van der Waals surface area contributed by atoms with Crippen LogP contribution in [0.1, 0.15) is 47.2 Å². The van der Waals surface area contributed by atoms with E-state index in [1.54, 1.807) is 4.52 Å². The van der Waals surface area contributed by atoms with Crippen LogP contribution in [0.5, 0.6) is 5.88 Å². The highest BCUT2D eigenvalue weighted by Gasteiger charge is 2.29. The van der Waals surface area contributed by atoms with E-state index in [0.29, 0.717) is 40.9 Å². The molecule has 0 unspecified atom stereocenters. The van der Waals surface area contributed by atoms with Crippen molar-refractivity contribution in [2.24, 2.45) is 0 Å². The van der Waals surface area contributed by atoms with Crippen molar-refractivity contribution in [3.05, 3.63) is 47.2 Å². The van der Waals surface area contributed by atoms with Gasteiger partial charge >= 0.3 is 0 Å². The highest BCUT2D eigenvalue weighted by Crippen LogP contribution is 2.43. The molecule has 28 heavy (non-hydrogen) atoms. The molecular formula is C19H19FN6O2. The first-order chi connectivity index (χ1) is 13.6. The molecule has 2 N–H and O–H groups in total. The molecule has 8 nitrogen and oxygen atoms in total. The van der Waals surface area contributed by atoms with Gasteiger partial charge in [0.25, 0.3) is 5.91 Å². The summed E-state index contributed by atoms with van der Waals surface area (Å²) in [5.74, 6) is 0.727. The molecule has 0 radical (unpaired) electrons. The van der Waals surface area contributed by atoms with Gasteiger partial charge in [0.05, 0.1) is 18.9 Å². The van der Waals surface area contributed by atoms with E-state index in [-0.39, 0.29) is 18.6 Å². The van der Waals surface area contributed by atoms with Gasteiger partial charge in [0.2, 0.25) is 5.88 Å². The van der Waals surface area contributed by atoms with Gasteiger partial charge in [-0.3, -0.25) is 4.79 Å². The van der Waals surface area contributed by atoms with E-state index in [2.05, 4.69) is 25.7 Å². The molecule has 2 bridgehead atoms. The van der Waals surface area contributed by atoms with Gasteiger partial charge in [-0.1, -0.05) is 0 Å². The molecule has 0 aromatic carbocycles. The van der Waals surface area contributed by atoms with Gasteiger partial charge in [0.15, 0.2) is 5.65 Å². The number of fused-ring (bicyclic) bond motifs is 2. The molecule has 1 saturated carbocycles. The zero-order valence-corrected chi connectivity index (χ0v) is 15.3. The Labute approximate surface area is 160 Å². The van der Waals surface area contributed by atoms with Crippen molar-refractivity contribution in [1.82, 2.24) is 24.9 Å². The minimum absolute atomic E-state index is 0.269. The summed E-state index contributed by atoms with van der Waals surface area (Å²) in [6.07, 6.45) is 6.40. The van der Waals surface area contributed by atoms with Gasteiger partial charge in [-0.25, -0.2) is 18.9 Å². The highest BCUT2D eigenvalue weighted by atomic mass is 19.1. The standard InChI is InChI=1S/C19H19FN6O2/c1-10-5-22-18(27)14-8-24-26-9-15(11-2-3-11)16(25-17(14)26)21-6-12-4-13(20)7-23-19(12)28-10/h4,7-11H,2-3,5-6H2,1H3,(H,21,25)(H,22,27)/t10-/m0/s1. The summed E-state index contributed by atoms with van der Waals surface area (Å²) in [4.78, 5) is 21.4. The lowest BCUT2D eigenvalue weighted by atomic mass is 10.2. The Morgan fingerprint density at radius 3 is 2.96 bits per heavy atom. The molecule has 3 aromatic heterocycles. The van der Waals surface area contributed by atoms with E-state index in [1.807, 2.05) is 13.1 Å². The topological polar surface area (TPSA) is 93.4 Å². The second kappa shape index (κ2) is 6.43. The van der Waals surface area contributed by atoms with Crippen LogP contribution in [-0.4, -0.2) is 38.1 Å². The quantitative estimate of drug-likeness (QED) is 0.671. The molecule has 1 atom stereocenters. The van der Waals surface area contributed by atoms with Gasteiger partial charge in [-0.05, 0) is 31.7 Å². The molecule has 2 aliphatic rings. The molecule has 1 amide bonds. The maximum absolute atomic E-state index is 13.8. The Hall–Kier alpha value is -3.23. The minimum atomic E-state index is -0.432. The van der Waals surface area contributed by atoms with Crippen molar-refractivity contribution in [3.63, 3.8) is 0 Å². The van der Waals surface area contributed by atoms with Gasteiger partial charge in [0, 0.05) is 23.9 Å². The number of hydrogen-bond acceptors (Lipinski definition) is 6. The van der Waals surface area contributed by atoms with Gasteiger partial charge in [0.1, 0.15) is 23.3 Å². The molecular weight excluding hydrogens is 363 g/mol. The molecule has 1 fully saturated rings. The van der Waals surface area contributed by atoms with Crippen LogP contribution in [0.25, 0.3) is 5.65 Å². The van der Waals surface area contributed by atoms with Gasteiger partial charge < -0.3 is 15.4 Å². The fraction of sp³-hybridized carbons (Fsp3) is 0.368. The van der Waals surface area contributed by atoms with Crippen LogP contribution in [0.3, 0.4) is 0 Å². The number of rotatable bonds is 1. The zero-order chi connectivity index (χ0) is 19.3. The normalized spacial score (nSPS) is 19.6. The first kappa shape index (κ1) is 16.9. The fourth-order valence-corrected chi connectivity index (χ4v) is 3.36. The molecule has 9 heteroatoms. The molecule has 1 aliphatic heterocycles. The zero-order valence-electron chi connectivity index (χ0n) is 15.3. The van der Waals surface area contributed by atoms with Crippen LogP contribution < -0.4 is 15.4 Å². The number of pyridine rings is 1. The summed E-state index contributed by atoms with van der Waals surface area (Å²) in [6.45, 7) is 2.40. The number of carbonyl (C=O) groups excluding carboxylic acids is 1. The summed E-state index contributed by atoms with van der Waals surface area (Å²) < 4.78 is 21.3. The van der Waals surface area contributed by atoms with Crippen molar-refractivity contribution in [3.8, 4) is 5.88 Å². The maximum atomic E-state index is 13.8. The van der Waals surface area contributed by atoms with Crippen molar-refractivity contribution in [2.75, 3.05) is 11.9 Å². The van der Waals surface area contributed by atoms with Crippen molar-refractivity contribution < 1.29 is 13.9 Å². The lowest BCUT2D eigenvalue weighted by Crippen LogP contribution is -2.33. The average molecular weight is 382 g/mol. The summed E-state index contributed by atoms with van der Waals surface area (Å²) >= 11 is 0. The number of halogens is 1. The monoisotopic (exact) mass is 382 g/mol. The van der Waals surface area contributed by atoms with Crippen LogP contribution in [0.4, 0.5) is 10.2 Å². The first-order valence-electron chi connectivity index (χ1n) is 9.30. The number of ether oxygens (including phenoxy) is 1. The summed E-state index contributed by atoms with van der Waals surface area (Å²) in [5, 5.41) is 10.4. The van der Waals surface area contributed by atoms with E-state index >= 15 is 0 Å². The van der Waals surface area contributed by atoms with E-state index in [0.717, 1.165) is 24.6 Å². The number of hydrogen-bond donors (Lipinski definition) is 2. The Kier molecular flexibility index (Phi) is 3.88. The molecule has 1 aliphatic carbocycles. The molecule has 0 spiro atoms. The Bertz CT molecular complexity index is 1080. The predicted molar refractivity (Wildman–Crippen MR) is 98.9 cm³/mol. The lowest BCUT2D eigenvalue weighted by Gasteiger charge is -2.17. The molecule has 0 saturated heterocycles. The largest absolute Gasteiger partial charge is 0.473 e. The second-order valence-electron chi connectivity index (χ2n) is 7.26. The number of anilines is 1. The smallest absolute Gasteiger partial charge is 0.256 e. The lowest BCUT2D eigenvalue weighted by molar-refractivity contribution is 0.0932. The van der Waals surface area contributed by atoms with Crippen molar-refractivity contribution in [2.45, 2.75) is 38.3 Å². The van der Waals surface area contributed by atoms with Crippen LogP contribution in [0.2, 0.25) is 0 Å². The average Bonchev–Trinajstić information content (AvgIpc) is 3.44. The number of nitrogens with zero attached hydrogens (tertiary/aromatic N) is 4. The van der Waals surface area contributed by atoms with Crippen molar-refractivity contribution in [1.29, 1.82) is 0 Å². The minimum Gasteiger partial charge on any atom is -0.473 e. The van der Waals surface area contributed by atoms with E-state index in [4.69, 9.17) is 4.74 Å². The number of carbonyl (C=O) groups is 1. The van der Waals surface area contributed by atoms with Crippen LogP contribution in [-0.2, 0) is 6.54 Å². The number of nitrogens with one attached hydrogen (secondary N) is 2.